The molecule has 0 unspecified atom stereocenters. The Hall–Kier alpha value is -0.820. The first-order valence-corrected chi connectivity index (χ1v) is 9.00. The lowest BCUT2D eigenvalue weighted by Crippen LogP contribution is -2.38. The predicted molar refractivity (Wildman–Crippen MR) is 84.8 cm³/mol. The van der Waals surface area contributed by atoms with Gasteiger partial charge in [0.05, 0.1) is 28.8 Å². The minimum Gasteiger partial charge on any atom is -0.324 e. The molecule has 116 valence electrons. The number of benzene rings is 1. The molecule has 0 spiro atoms. The van der Waals surface area contributed by atoms with E-state index in [1.54, 1.807) is 30.1 Å². The number of likely N-dealkylation sites (N-methyl/N-ethyl adjacent to an activating group) is 1. The van der Waals surface area contributed by atoms with Crippen molar-refractivity contribution >= 4 is 44.6 Å². The lowest BCUT2D eigenvalue weighted by atomic mass is 10.2. The Morgan fingerprint density at radius 2 is 2.14 bits per heavy atom. The molecule has 0 radical (unpaired) electrons. The first-order chi connectivity index (χ1) is 9.77. The summed E-state index contributed by atoms with van der Waals surface area (Å²) in [5, 5.41) is 3.56. The number of amides is 1. The first kappa shape index (κ1) is 16.5. The van der Waals surface area contributed by atoms with Crippen LogP contribution in [0.3, 0.4) is 0 Å². The van der Waals surface area contributed by atoms with E-state index in [0.717, 1.165) is 0 Å². The van der Waals surface area contributed by atoms with Gasteiger partial charge in [-0.15, -0.1) is 0 Å². The Morgan fingerprint density at radius 1 is 1.43 bits per heavy atom. The second-order valence-electron chi connectivity index (χ2n) is 5.14. The van der Waals surface area contributed by atoms with Crippen LogP contribution in [0.5, 0.6) is 0 Å². The van der Waals surface area contributed by atoms with E-state index < -0.39 is 9.84 Å². The van der Waals surface area contributed by atoms with Crippen molar-refractivity contribution in [3.63, 3.8) is 0 Å². The number of nitrogens with zero attached hydrogens (tertiary/aromatic N) is 1. The van der Waals surface area contributed by atoms with Gasteiger partial charge in [-0.3, -0.25) is 9.69 Å². The van der Waals surface area contributed by atoms with Crippen LogP contribution in [0.4, 0.5) is 5.69 Å². The van der Waals surface area contributed by atoms with Crippen molar-refractivity contribution < 1.29 is 13.2 Å². The molecule has 1 fully saturated rings. The van der Waals surface area contributed by atoms with E-state index in [1.165, 1.54) is 0 Å². The van der Waals surface area contributed by atoms with Crippen LogP contribution in [0.25, 0.3) is 0 Å². The van der Waals surface area contributed by atoms with Crippen molar-refractivity contribution in [1.29, 1.82) is 0 Å². The lowest BCUT2D eigenvalue weighted by Gasteiger charge is -2.22. The zero-order valence-corrected chi connectivity index (χ0v) is 13.8. The standard InChI is InChI=1S/C13H16Cl2N2O3S/c1-17(10-4-5-21(19,20)8-10)7-13(18)16-12-6-9(14)2-3-11(12)15/h2-3,6,10H,4-5,7-8H2,1H3,(H,16,18)/t10-/m0/s1. The smallest absolute Gasteiger partial charge is 0.238 e. The minimum absolute atomic E-state index is 0.100. The third kappa shape index (κ3) is 4.57. The van der Waals surface area contributed by atoms with E-state index in [4.69, 9.17) is 23.2 Å². The molecule has 1 saturated heterocycles. The summed E-state index contributed by atoms with van der Waals surface area (Å²) in [6, 6.07) is 4.69. The molecule has 1 amide bonds. The maximum Gasteiger partial charge on any atom is 0.238 e. The fraction of sp³-hybridized carbons (Fsp3) is 0.462. The number of halogens is 2. The van der Waals surface area contributed by atoms with Crippen molar-refractivity contribution in [3.05, 3.63) is 28.2 Å². The number of anilines is 1. The van der Waals surface area contributed by atoms with Crippen molar-refractivity contribution in [2.24, 2.45) is 0 Å². The molecule has 1 aromatic carbocycles. The Kier molecular flexibility index (Phi) is 5.14. The van der Waals surface area contributed by atoms with E-state index in [1.807, 2.05) is 0 Å². The van der Waals surface area contributed by atoms with Gasteiger partial charge in [0.25, 0.3) is 0 Å². The highest BCUT2D eigenvalue weighted by molar-refractivity contribution is 7.91. The summed E-state index contributed by atoms with van der Waals surface area (Å²) in [6.45, 7) is 0.100. The Balaban J connectivity index is 1.94. The van der Waals surface area contributed by atoms with Gasteiger partial charge in [-0.1, -0.05) is 23.2 Å². The quantitative estimate of drug-likeness (QED) is 0.902. The highest BCUT2D eigenvalue weighted by Crippen LogP contribution is 2.25. The molecule has 8 heteroatoms. The molecule has 1 aromatic rings. The summed E-state index contributed by atoms with van der Waals surface area (Å²) in [7, 11) is -1.22. The average Bonchev–Trinajstić information content (AvgIpc) is 2.74. The lowest BCUT2D eigenvalue weighted by molar-refractivity contribution is -0.117. The fourth-order valence-corrected chi connectivity index (χ4v) is 4.40. The van der Waals surface area contributed by atoms with Gasteiger partial charge in [0, 0.05) is 11.1 Å². The van der Waals surface area contributed by atoms with Crippen molar-refractivity contribution in [1.82, 2.24) is 4.90 Å². The molecule has 0 aromatic heterocycles. The first-order valence-electron chi connectivity index (χ1n) is 6.42. The zero-order chi connectivity index (χ0) is 15.6. The maximum absolute atomic E-state index is 12.0. The topological polar surface area (TPSA) is 66.5 Å². The predicted octanol–water partition coefficient (Wildman–Crippen LogP) is 2.05. The molecular formula is C13H16Cl2N2O3S. The van der Waals surface area contributed by atoms with E-state index in [9.17, 15) is 13.2 Å². The zero-order valence-electron chi connectivity index (χ0n) is 11.5. The van der Waals surface area contributed by atoms with Crippen LogP contribution < -0.4 is 5.32 Å². The highest BCUT2D eigenvalue weighted by Gasteiger charge is 2.31. The van der Waals surface area contributed by atoms with E-state index in [-0.39, 0.29) is 30.0 Å². The van der Waals surface area contributed by atoms with Gasteiger partial charge >= 0.3 is 0 Å². The molecule has 1 heterocycles. The molecule has 21 heavy (non-hydrogen) atoms. The van der Waals surface area contributed by atoms with E-state index in [2.05, 4.69) is 5.32 Å². The van der Waals surface area contributed by atoms with Crippen LogP contribution >= 0.6 is 23.2 Å². The van der Waals surface area contributed by atoms with E-state index >= 15 is 0 Å². The molecule has 2 rings (SSSR count). The SMILES string of the molecule is CN(CC(=O)Nc1cc(Cl)ccc1Cl)[C@H]1CCS(=O)(=O)C1. The van der Waals surface area contributed by atoms with Gasteiger partial charge in [0.1, 0.15) is 0 Å². The monoisotopic (exact) mass is 350 g/mol. The summed E-state index contributed by atoms with van der Waals surface area (Å²) in [6.07, 6.45) is 0.560. The van der Waals surface area contributed by atoms with Crippen molar-refractivity contribution in [2.75, 3.05) is 30.4 Å². The number of hydrogen-bond donors (Lipinski definition) is 1. The molecule has 0 saturated carbocycles. The summed E-state index contributed by atoms with van der Waals surface area (Å²) in [5.41, 5.74) is 0.446. The fourth-order valence-electron chi connectivity index (χ4n) is 2.26. The summed E-state index contributed by atoms with van der Waals surface area (Å²) < 4.78 is 22.9. The number of carbonyl (C=O) groups is 1. The molecule has 1 N–H and O–H groups in total. The third-order valence-corrected chi connectivity index (χ3v) is 5.74. The Morgan fingerprint density at radius 3 is 2.76 bits per heavy atom. The number of carbonyl (C=O) groups excluding carboxylic acids is 1. The molecule has 1 atom stereocenters. The van der Waals surface area contributed by atoms with Crippen molar-refractivity contribution in [2.45, 2.75) is 12.5 Å². The molecule has 1 aliphatic heterocycles. The van der Waals surface area contributed by atoms with Crippen LogP contribution in [0, 0.1) is 0 Å². The van der Waals surface area contributed by atoms with Crippen molar-refractivity contribution in [3.8, 4) is 0 Å². The number of nitrogens with one attached hydrogen (secondary N) is 1. The summed E-state index contributed by atoms with van der Waals surface area (Å²) in [4.78, 5) is 13.7. The van der Waals surface area contributed by atoms with Gasteiger partial charge in [-0.05, 0) is 31.7 Å². The molecule has 0 aliphatic carbocycles. The summed E-state index contributed by atoms with van der Waals surface area (Å²) in [5.74, 6) is 0.0318. The van der Waals surface area contributed by atoms with Gasteiger partial charge in [0.2, 0.25) is 5.91 Å². The largest absolute Gasteiger partial charge is 0.324 e. The Labute approximate surface area is 134 Å². The van der Waals surface area contributed by atoms with Gasteiger partial charge in [0.15, 0.2) is 9.84 Å². The van der Waals surface area contributed by atoms with Crippen LogP contribution in [0.2, 0.25) is 10.0 Å². The molecule has 1 aliphatic rings. The number of rotatable bonds is 4. The second kappa shape index (κ2) is 6.52. The Bertz CT molecular complexity index is 649. The normalized spacial score (nSPS) is 20.7. The highest BCUT2D eigenvalue weighted by atomic mass is 35.5. The van der Waals surface area contributed by atoms with E-state index in [0.29, 0.717) is 22.2 Å². The van der Waals surface area contributed by atoms with Gasteiger partial charge in [-0.25, -0.2) is 8.42 Å². The molecular weight excluding hydrogens is 335 g/mol. The van der Waals surface area contributed by atoms with Crippen LogP contribution in [-0.4, -0.2) is 50.4 Å². The van der Waals surface area contributed by atoms with Crippen LogP contribution in [-0.2, 0) is 14.6 Å². The van der Waals surface area contributed by atoms with Crippen LogP contribution in [0.1, 0.15) is 6.42 Å². The molecule has 0 bridgehead atoms. The van der Waals surface area contributed by atoms with Crippen LogP contribution in [0.15, 0.2) is 18.2 Å². The third-order valence-electron chi connectivity index (χ3n) is 3.43. The van der Waals surface area contributed by atoms with Gasteiger partial charge < -0.3 is 5.32 Å². The maximum atomic E-state index is 12.0. The average molecular weight is 351 g/mol. The molecule has 5 nitrogen and oxygen atoms in total. The minimum atomic E-state index is -2.96. The number of hydrogen-bond acceptors (Lipinski definition) is 4. The van der Waals surface area contributed by atoms with Gasteiger partial charge in [-0.2, -0.15) is 0 Å². The summed E-state index contributed by atoms with van der Waals surface area (Å²) >= 11 is 11.8. The number of sulfone groups is 1. The second-order valence-corrected chi connectivity index (χ2v) is 8.22.